The Morgan fingerprint density at radius 3 is 2.67 bits per heavy atom. The Morgan fingerprint density at radius 1 is 1.10 bits per heavy atom. The molecule has 1 amide bonds. The molecule has 4 heteroatoms. The molecule has 4 nitrogen and oxygen atoms in total. The van der Waals surface area contributed by atoms with Gasteiger partial charge in [0.1, 0.15) is 0 Å². The lowest BCUT2D eigenvalue weighted by Crippen LogP contribution is -2.45. The number of carbonyl (C=O) groups excluding carboxylic acids is 1. The summed E-state index contributed by atoms with van der Waals surface area (Å²) in [6.07, 6.45) is 11.1. The molecule has 2 aliphatic carbocycles. The summed E-state index contributed by atoms with van der Waals surface area (Å²) in [6.45, 7) is 0.888. The van der Waals surface area contributed by atoms with Gasteiger partial charge in [-0.2, -0.15) is 0 Å². The Kier molecular flexibility index (Phi) is 3.48. The van der Waals surface area contributed by atoms with Crippen LogP contribution in [-0.2, 0) is 0 Å². The molecule has 1 aliphatic heterocycles. The van der Waals surface area contributed by atoms with Gasteiger partial charge in [0.2, 0.25) is 5.76 Å². The van der Waals surface area contributed by atoms with Crippen LogP contribution in [0, 0.1) is 5.92 Å². The van der Waals surface area contributed by atoms with E-state index in [0.29, 0.717) is 23.6 Å². The van der Waals surface area contributed by atoms with Crippen LogP contribution in [0.15, 0.2) is 10.6 Å². The van der Waals surface area contributed by atoms with Crippen LogP contribution < -0.4 is 0 Å². The molecule has 114 valence electrons. The summed E-state index contributed by atoms with van der Waals surface area (Å²) in [5.74, 6) is 1.79. The van der Waals surface area contributed by atoms with Crippen molar-refractivity contribution in [1.82, 2.24) is 10.1 Å². The lowest BCUT2D eigenvalue weighted by molar-refractivity contribution is 0.0528. The summed E-state index contributed by atoms with van der Waals surface area (Å²) in [5.41, 5.74) is 0.980. The first-order valence-corrected chi connectivity index (χ1v) is 8.60. The third kappa shape index (κ3) is 2.60. The quantitative estimate of drug-likeness (QED) is 0.833. The predicted molar refractivity (Wildman–Crippen MR) is 79.1 cm³/mol. The van der Waals surface area contributed by atoms with E-state index in [0.717, 1.165) is 18.7 Å². The molecule has 0 spiro atoms. The van der Waals surface area contributed by atoms with Crippen LogP contribution in [0.1, 0.15) is 80.0 Å². The third-order valence-corrected chi connectivity index (χ3v) is 5.49. The fraction of sp³-hybridized carbons (Fsp3) is 0.765. The molecule has 1 saturated heterocycles. The van der Waals surface area contributed by atoms with Crippen LogP contribution in [-0.4, -0.2) is 28.6 Å². The average molecular weight is 288 g/mol. The largest absolute Gasteiger partial charge is 0.351 e. The van der Waals surface area contributed by atoms with Gasteiger partial charge in [-0.05, 0) is 44.4 Å². The smallest absolute Gasteiger partial charge is 0.292 e. The number of hydrogen-bond acceptors (Lipinski definition) is 3. The van der Waals surface area contributed by atoms with Gasteiger partial charge in [-0.15, -0.1) is 0 Å². The molecule has 0 radical (unpaired) electrons. The van der Waals surface area contributed by atoms with Gasteiger partial charge in [0.15, 0.2) is 0 Å². The van der Waals surface area contributed by atoms with Crippen LogP contribution >= 0.6 is 0 Å². The molecule has 2 heterocycles. The summed E-state index contributed by atoms with van der Waals surface area (Å²) in [6, 6.07) is 2.33. The fourth-order valence-electron chi connectivity index (χ4n) is 4.14. The zero-order chi connectivity index (χ0) is 14.2. The predicted octanol–water partition coefficient (Wildman–Crippen LogP) is 3.74. The van der Waals surface area contributed by atoms with E-state index in [-0.39, 0.29) is 5.91 Å². The molecule has 1 aromatic heterocycles. The molecule has 1 aromatic rings. The van der Waals surface area contributed by atoms with E-state index in [2.05, 4.69) is 10.1 Å². The number of hydrogen-bond donors (Lipinski definition) is 0. The molecular formula is C17H24N2O2. The summed E-state index contributed by atoms with van der Waals surface area (Å²) in [7, 11) is 0. The molecule has 0 N–H and O–H groups in total. The zero-order valence-corrected chi connectivity index (χ0v) is 12.6. The Labute approximate surface area is 125 Å². The highest BCUT2D eigenvalue weighted by molar-refractivity contribution is 5.91. The Bertz CT molecular complexity index is 521. The lowest BCUT2D eigenvalue weighted by Gasteiger charge is -2.37. The van der Waals surface area contributed by atoms with Crippen molar-refractivity contribution in [2.75, 3.05) is 6.54 Å². The van der Waals surface area contributed by atoms with Crippen molar-refractivity contribution in [2.24, 2.45) is 5.92 Å². The molecule has 0 aromatic carbocycles. The lowest BCUT2D eigenvalue weighted by atomic mass is 9.81. The van der Waals surface area contributed by atoms with Crippen molar-refractivity contribution in [1.29, 1.82) is 0 Å². The highest BCUT2D eigenvalue weighted by atomic mass is 16.5. The third-order valence-electron chi connectivity index (χ3n) is 5.49. The van der Waals surface area contributed by atoms with Crippen LogP contribution in [0.5, 0.6) is 0 Å². The zero-order valence-electron chi connectivity index (χ0n) is 12.6. The van der Waals surface area contributed by atoms with Crippen LogP contribution in [0.3, 0.4) is 0 Å². The average Bonchev–Trinajstić information content (AvgIpc) is 3.28. The van der Waals surface area contributed by atoms with Gasteiger partial charge in [-0.25, -0.2) is 0 Å². The second-order valence-electron chi connectivity index (χ2n) is 7.00. The molecule has 2 unspecified atom stereocenters. The molecule has 3 fully saturated rings. The number of carbonyl (C=O) groups is 1. The Balaban J connectivity index is 1.55. The summed E-state index contributed by atoms with van der Waals surface area (Å²) in [5, 5.41) is 4.10. The molecule has 3 aliphatic rings. The van der Waals surface area contributed by atoms with Gasteiger partial charge < -0.3 is 9.42 Å². The SMILES string of the molecule is O=C(c1cc(C2CC2)no1)N1CCCCC2CCCCC21. The van der Waals surface area contributed by atoms with E-state index < -0.39 is 0 Å². The van der Waals surface area contributed by atoms with Gasteiger partial charge >= 0.3 is 0 Å². The first-order valence-electron chi connectivity index (χ1n) is 8.60. The van der Waals surface area contributed by atoms with Crippen molar-refractivity contribution in [3.63, 3.8) is 0 Å². The van der Waals surface area contributed by atoms with Gasteiger partial charge in [0, 0.05) is 24.6 Å². The highest BCUT2D eigenvalue weighted by Gasteiger charge is 2.36. The number of aromatic nitrogens is 1. The monoisotopic (exact) mass is 288 g/mol. The van der Waals surface area contributed by atoms with Crippen molar-refractivity contribution >= 4 is 5.91 Å². The van der Waals surface area contributed by atoms with Crippen molar-refractivity contribution in [3.8, 4) is 0 Å². The topological polar surface area (TPSA) is 46.3 Å². The summed E-state index contributed by atoms with van der Waals surface area (Å²) < 4.78 is 5.36. The second-order valence-corrected chi connectivity index (χ2v) is 7.00. The maximum absolute atomic E-state index is 12.9. The first kappa shape index (κ1) is 13.4. The van der Waals surface area contributed by atoms with Crippen molar-refractivity contribution in [3.05, 3.63) is 17.5 Å². The fourth-order valence-corrected chi connectivity index (χ4v) is 4.14. The van der Waals surface area contributed by atoms with E-state index in [4.69, 9.17) is 4.52 Å². The number of fused-ring (bicyclic) bond motifs is 1. The van der Waals surface area contributed by atoms with Crippen molar-refractivity contribution in [2.45, 2.75) is 69.7 Å². The van der Waals surface area contributed by atoms with Crippen LogP contribution in [0.4, 0.5) is 0 Å². The first-order chi connectivity index (χ1) is 10.3. The van der Waals surface area contributed by atoms with Crippen LogP contribution in [0.2, 0.25) is 0 Å². The molecule has 21 heavy (non-hydrogen) atoms. The van der Waals surface area contributed by atoms with E-state index in [9.17, 15) is 4.79 Å². The van der Waals surface area contributed by atoms with E-state index in [1.807, 2.05) is 6.07 Å². The minimum Gasteiger partial charge on any atom is -0.351 e. The van der Waals surface area contributed by atoms with Crippen LogP contribution in [0.25, 0.3) is 0 Å². The Morgan fingerprint density at radius 2 is 1.86 bits per heavy atom. The van der Waals surface area contributed by atoms with Gasteiger partial charge in [-0.1, -0.05) is 24.4 Å². The molecular weight excluding hydrogens is 264 g/mol. The Hall–Kier alpha value is -1.32. The highest BCUT2D eigenvalue weighted by Crippen LogP contribution is 2.40. The maximum Gasteiger partial charge on any atom is 0.292 e. The van der Waals surface area contributed by atoms with E-state index >= 15 is 0 Å². The van der Waals surface area contributed by atoms with Gasteiger partial charge in [0.05, 0.1) is 5.69 Å². The standard InChI is InChI=1S/C17H24N2O2/c20-17(16-11-14(18-21-16)12-8-9-12)19-10-4-3-6-13-5-1-2-7-15(13)19/h11-13,15H,1-10H2. The van der Waals surface area contributed by atoms with E-state index in [1.165, 1.54) is 51.4 Å². The van der Waals surface area contributed by atoms with E-state index in [1.54, 1.807) is 0 Å². The molecule has 2 atom stereocenters. The minimum absolute atomic E-state index is 0.0770. The number of likely N-dealkylation sites (tertiary alicyclic amines) is 1. The molecule has 2 saturated carbocycles. The van der Waals surface area contributed by atoms with Gasteiger partial charge in [-0.3, -0.25) is 4.79 Å². The number of nitrogens with zero attached hydrogens (tertiary/aromatic N) is 2. The van der Waals surface area contributed by atoms with Gasteiger partial charge in [0.25, 0.3) is 5.91 Å². The minimum atomic E-state index is 0.0770. The normalized spacial score (nSPS) is 29.8. The molecule has 4 rings (SSSR count). The maximum atomic E-state index is 12.9. The number of rotatable bonds is 2. The number of amides is 1. The van der Waals surface area contributed by atoms with Crippen molar-refractivity contribution < 1.29 is 9.32 Å². The summed E-state index contributed by atoms with van der Waals surface area (Å²) in [4.78, 5) is 15.0. The molecule has 0 bridgehead atoms. The summed E-state index contributed by atoms with van der Waals surface area (Å²) >= 11 is 0. The second kappa shape index (κ2) is 5.47.